The third-order valence-corrected chi connectivity index (χ3v) is 7.52. The number of likely N-dealkylation sites (tertiary alicyclic amines) is 1. The lowest BCUT2D eigenvalue weighted by molar-refractivity contribution is 0.0109. The van der Waals surface area contributed by atoms with Crippen molar-refractivity contribution in [2.24, 2.45) is 5.92 Å². The zero-order chi connectivity index (χ0) is 23.4. The summed E-state index contributed by atoms with van der Waals surface area (Å²) >= 11 is 0. The van der Waals surface area contributed by atoms with Gasteiger partial charge in [0, 0.05) is 59.9 Å². The lowest BCUT2D eigenvalue weighted by Gasteiger charge is -2.56. The van der Waals surface area contributed by atoms with Crippen LogP contribution < -0.4 is 10.1 Å². The van der Waals surface area contributed by atoms with Crippen molar-refractivity contribution in [2.45, 2.75) is 24.3 Å². The summed E-state index contributed by atoms with van der Waals surface area (Å²) < 4.78 is 19.1. The van der Waals surface area contributed by atoms with Crippen molar-refractivity contribution in [1.29, 1.82) is 0 Å². The number of methoxy groups -OCH3 is 1. The van der Waals surface area contributed by atoms with Crippen LogP contribution in [0.25, 0.3) is 10.9 Å². The molecule has 178 valence electrons. The number of nitrogens with zero attached hydrogens (tertiary/aromatic N) is 2. The molecule has 6 rings (SSSR count). The van der Waals surface area contributed by atoms with Gasteiger partial charge in [0.1, 0.15) is 11.6 Å². The summed E-state index contributed by atoms with van der Waals surface area (Å²) in [5.41, 5.74) is 3.19. The number of hydrogen-bond donors (Lipinski definition) is 3. The zero-order valence-electron chi connectivity index (χ0n) is 19.2. The molecule has 2 fully saturated rings. The van der Waals surface area contributed by atoms with E-state index in [1.165, 1.54) is 30.5 Å². The maximum atomic E-state index is 13.7. The minimum absolute atomic E-state index is 0.213. The summed E-state index contributed by atoms with van der Waals surface area (Å²) in [4.78, 5) is 21.1. The molecule has 1 atom stereocenters. The fraction of sp³-hybridized carbons (Fsp3) is 0.423. The smallest absolute Gasteiger partial charge is 0.322 e. The Morgan fingerprint density at radius 1 is 1.24 bits per heavy atom. The number of aliphatic hydroxyl groups is 1. The van der Waals surface area contributed by atoms with E-state index < -0.39 is 11.9 Å². The molecule has 3 N–H and O–H groups in total. The van der Waals surface area contributed by atoms with Crippen molar-refractivity contribution < 1.29 is 19.0 Å². The van der Waals surface area contributed by atoms with E-state index in [0.29, 0.717) is 12.2 Å². The SMILES string of the molecule is COc1ccc2c3c([nH]c2c1)[C@H](CO)N(C(=O)Nc1cccc(F)c1)CC31CN(CC2CC2)C1. The first kappa shape index (κ1) is 21.4. The summed E-state index contributed by atoms with van der Waals surface area (Å²) in [6.07, 6.45) is 2.60. The number of benzene rings is 2. The van der Waals surface area contributed by atoms with Gasteiger partial charge in [0.25, 0.3) is 0 Å². The fourth-order valence-electron chi connectivity index (χ4n) is 5.84. The highest BCUT2D eigenvalue weighted by molar-refractivity contribution is 5.92. The Kier molecular flexibility index (Phi) is 5.04. The van der Waals surface area contributed by atoms with Crippen LogP contribution in [0.3, 0.4) is 0 Å². The zero-order valence-corrected chi connectivity index (χ0v) is 19.2. The van der Waals surface area contributed by atoms with E-state index in [1.54, 1.807) is 24.1 Å². The lowest BCUT2D eigenvalue weighted by Crippen LogP contribution is -2.67. The summed E-state index contributed by atoms with van der Waals surface area (Å²) in [5, 5.41) is 14.3. The quantitative estimate of drug-likeness (QED) is 0.536. The number of ether oxygens (including phenoxy) is 1. The molecule has 2 aromatic carbocycles. The summed E-state index contributed by atoms with van der Waals surface area (Å²) in [5.74, 6) is 1.14. The number of carbonyl (C=O) groups is 1. The Morgan fingerprint density at radius 2 is 2.06 bits per heavy atom. The van der Waals surface area contributed by atoms with E-state index in [1.807, 2.05) is 12.1 Å². The highest BCUT2D eigenvalue weighted by atomic mass is 19.1. The van der Waals surface area contributed by atoms with Gasteiger partial charge >= 0.3 is 6.03 Å². The molecule has 1 aliphatic carbocycles. The van der Waals surface area contributed by atoms with E-state index >= 15 is 0 Å². The van der Waals surface area contributed by atoms with Gasteiger partial charge in [0.15, 0.2) is 0 Å². The van der Waals surface area contributed by atoms with Crippen molar-refractivity contribution in [2.75, 3.05) is 45.2 Å². The monoisotopic (exact) mass is 464 g/mol. The number of aliphatic hydroxyl groups excluding tert-OH is 1. The van der Waals surface area contributed by atoms with E-state index in [2.05, 4.69) is 21.3 Å². The number of H-pyrrole nitrogens is 1. The number of rotatable bonds is 5. The van der Waals surface area contributed by atoms with Crippen molar-refractivity contribution in [3.05, 3.63) is 59.5 Å². The first-order chi connectivity index (χ1) is 16.5. The van der Waals surface area contributed by atoms with E-state index in [-0.39, 0.29) is 18.1 Å². The molecule has 1 saturated heterocycles. The van der Waals surface area contributed by atoms with Gasteiger partial charge in [-0.25, -0.2) is 9.18 Å². The van der Waals surface area contributed by atoms with Crippen LogP contribution >= 0.6 is 0 Å². The molecule has 34 heavy (non-hydrogen) atoms. The maximum Gasteiger partial charge on any atom is 0.322 e. The van der Waals surface area contributed by atoms with Crippen molar-refractivity contribution in [3.63, 3.8) is 0 Å². The Bertz CT molecular complexity index is 1250. The predicted octanol–water partition coefficient (Wildman–Crippen LogP) is 3.86. The van der Waals surface area contributed by atoms with Crippen LogP contribution in [0.1, 0.15) is 30.1 Å². The fourth-order valence-corrected chi connectivity index (χ4v) is 5.84. The van der Waals surface area contributed by atoms with Gasteiger partial charge in [-0.1, -0.05) is 6.07 Å². The number of anilines is 1. The van der Waals surface area contributed by atoms with Crippen LogP contribution in [0.5, 0.6) is 5.75 Å². The minimum atomic E-state index is -0.523. The highest BCUT2D eigenvalue weighted by Crippen LogP contribution is 2.49. The van der Waals surface area contributed by atoms with Crippen LogP contribution in [0, 0.1) is 11.7 Å². The van der Waals surface area contributed by atoms with Gasteiger partial charge in [0.05, 0.1) is 19.8 Å². The van der Waals surface area contributed by atoms with Crippen LogP contribution in [-0.2, 0) is 5.41 Å². The largest absolute Gasteiger partial charge is 0.497 e. The van der Waals surface area contributed by atoms with Gasteiger partial charge in [-0.05, 0) is 54.7 Å². The number of urea groups is 1. The maximum absolute atomic E-state index is 13.7. The number of hydrogen-bond acceptors (Lipinski definition) is 4. The number of aromatic amines is 1. The van der Waals surface area contributed by atoms with E-state index in [0.717, 1.165) is 47.9 Å². The third-order valence-electron chi connectivity index (χ3n) is 7.52. The third kappa shape index (κ3) is 3.52. The Morgan fingerprint density at radius 3 is 2.76 bits per heavy atom. The van der Waals surface area contributed by atoms with Crippen molar-refractivity contribution in [3.8, 4) is 5.75 Å². The van der Waals surface area contributed by atoms with Gasteiger partial charge in [-0.3, -0.25) is 0 Å². The summed E-state index contributed by atoms with van der Waals surface area (Å²) in [7, 11) is 1.64. The molecular weight excluding hydrogens is 435 g/mol. The van der Waals surface area contributed by atoms with Gasteiger partial charge in [0.2, 0.25) is 0 Å². The molecule has 1 aromatic heterocycles. The van der Waals surface area contributed by atoms with Gasteiger partial charge < -0.3 is 29.9 Å². The molecule has 2 amide bonds. The Labute approximate surface area is 197 Å². The molecule has 1 spiro atoms. The molecule has 8 heteroatoms. The number of nitrogens with one attached hydrogen (secondary N) is 2. The molecule has 0 bridgehead atoms. The lowest BCUT2D eigenvalue weighted by atomic mass is 9.68. The predicted molar refractivity (Wildman–Crippen MR) is 128 cm³/mol. The molecule has 1 saturated carbocycles. The molecule has 0 radical (unpaired) electrons. The molecule has 2 aliphatic heterocycles. The Hall–Kier alpha value is -3.10. The van der Waals surface area contributed by atoms with Crippen LogP contribution in [0.4, 0.5) is 14.9 Å². The molecule has 3 heterocycles. The number of aromatic nitrogens is 1. The van der Waals surface area contributed by atoms with Gasteiger partial charge in [-0.2, -0.15) is 0 Å². The average molecular weight is 465 g/mol. The van der Waals surface area contributed by atoms with Crippen molar-refractivity contribution in [1.82, 2.24) is 14.8 Å². The molecule has 0 unspecified atom stereocenters. The topological polar surface area (TPSA) is 80.8 Å². The first-order valence-corrected chi connectivity index (χ1v) is 11.9. The van der Waals surface area contributed by atoms with E-state index in [4.69, 9.17) is 4.74 Å². The van der Waals surface area contributed by atoms with Gasteiger partial charge in [-0.15, -0.1) is 0 Å². The first-order valence-electron chi connectivity index (χ1n) is 11.9. The van der Waals surface area contributed by atoms with Crippen molar-refractivity contribution >= 4 is 22.6 Å². The Balaban J connectivity index is 1.39. The van der Waals surface area contributed by atoms with Crippen LogP contribution in [0.15, 0.2) is 42.5 Å². The highest BCUT2D eigenvalue weighted by Gasteiger charge is 2.54. The number of fused-ring (bicyclic) bond motifs is 4. The molecule has 3 aliphatic rings. The number of amides is 2. The van der Waals surface area contributed by atoms with Crippen LogP contribution in [-0.4, -0.2) is 65.8 Å². The summed E-state index contributed by atoms with van der Waals surface area (Å²) in [6, 6.07) is 11.0. The average Bonchev–Trinajstić information content (AvgIpc) is 3.54. The minimum Gasteiger partial charge on any atom is -0.497 e. The second-order valence-electron chi connectivity index (χ2n) is 9.99. The molecule has 7 nitrogen and oxygen atoms in total. The standard InChI is InChI=1S/C26H29FN4O3/c1-34-19-7-8-20-21(10-19)29-24-22(12-32)31(25(33)28-18-4-2-3-17(27)9-18)15-26(23(20)24)13-30(14-26)11-16-5-6-16/h2-4,7-10,16,22,29,32H,5-6,11-15H2,1H3,(H,28,33)/t22-/m0/s1. The second-order valence-corrected chi connectivity index (χ2v) is 9.99. The number of halogens is 1. The normalized spacial score (nSPS) is 21.4. The second kappa shape index (κ2) is 7.99. The van der Waals surface area contributed by atoms with Crippen LogP contribution in [0.2, 0.25) is 0 Å². The molecular formula is C26H29FN4O3. The van der Waals surface area contributed by atoms with E-state index in [9.17, 15) is 14.3 Å². The summed E-state index contributed by atoms with van der Waals surface area (Å²) in [6.45, 7) is 3.13. The number of carbonyl (C=O) groups excluding carboxylic acids is 1. The molecule has 3 aromatic rings.